The van der Waals surface area contributed by atoms with Gasteiger partial charge in [-0.05, 0) is 56.0 Å². The Kier molecular flexibility index (Phi) is 6.37. The van der Waals surface area contributed by atoms with Crippen LogP contribution in [0.15, 0.2) is 48.8 Å². The largest absolute Gasteiger partial charge is 0.423 e. The first-order chi connectivity index (χ1) is 15.4. The summed E-state index contributed by atoms with van der Waals surface area (Å²) >= 11 is 6.32. The number of nitrogens with zero attached hydrogens (tertiary/aromatic N) is 3. The number of aryl methyl sites for hydroxylation is 2. The molecule has 8 heteroatoms. The number of para-hydroxylation sites is 1. The predicted molar refractivity (Wildman–Crippen MR) is 123 cm³/mol. The lowest BCUT2D eigenvalue weighted by Gasteiger charge is -2.15. The number of likely N-dealkylation sites (tertiary alicyclic amines) is 1. The van der Waals surface area contributed by atoms with Gasteiger partial charge in [-0.1, -0.05) is 29.8 Å². The van der Waals surface area contributed by atoms with Crippen LogP contribution in [0.2, 0.25) is 5.02 Å². The number of rotatable bonds is 5. The molecule has 32 heavy (non-hydrogen) atoms. The van der Waals surface area contributed by atoms with Crippen molar-refractivity contribution in [1.82, 2.24) is 14.9 Å². The molecule has 0 aliphatic carbocycles. The quantitative estimate of drug-likeness (QED) is 0.589. The third-order valence-corrected chi connectivity index (χ3v) is 5.68. The Labute approximate surface area is 191 Å². The van der Waals surface area contributed by atoms with Crippen LogP contribution in [0.25, 0.3) is 0 Å². The van der Waals surface area contributed by atoms with E-state index in [1.807, 2.05) is 36.9 Å². The maximum absolute atomic E-state index is 12.6. The second kappa shape index (κ2) is 9.36. The van der Waals surface area contributed by atoms with E-state index in [0.717, 1.165) is 42.7 Å². The molecule has 0 atom stereocenters. The molecule has 4 rings (SSSR count). The van der Waals surface area contributed by atoms with Gasteiger partial charge < -0.3 is 15.0 Å². The fraction of sp³-hybridized carbons (Fsp3) is 0.250. The van der Waals surface area contributed by atoms with Crippen molar-refractivity contribution in [3.63, 3.8) is 0 Å². The number of benzene rings is 2. The highest BCUT2D eigenvalue weighted by atomic mass is 35.5. The Morgan fingerprint density at radius 1 is 1.00 bits per heavy atom. The van der Waals surface area contributed by atoms with Crippen molar-refractivity contribution in [3.05, 3.63) is 76.1 Å². The van der Waals surface area contributed by atoms with Crippen molar-refractivity contribution in [2.45, 2.75) is 26.7 Å². The number of aromatic nitrogens is 2. The SMILES string of the molecule is Cc1cccc(C)c1NC(=O)c1cnc(Oc2ccc(C(=O)N3CCCC3)cc2Cl)nc1. The fourth-order valence-corrected chi connectivity index (χ4v) is 3.82. The summed E-state index contributed by atoms with van der Waals surface area (Å²) in [5.41, 5.74) is 3.54. The van der Waals surface area contributed by atoms with E-state index in [4.69, 9.17) is 16.3 Å². The number of ether oxygens (including phenoxy) is 1. The van der Waals surface area contributed by atoms with E-state index < -0.39 is 0 Å². The first-order valence-corrected chi connectivity index (χ1v) is 10.8. The molecule has 2 aromatic carbocycles. The molecule has 1 aliphatic heterocycles. The van der Waals surface area contributed by atoms with Crippen molar-refractivity contribution in [2.24, 2.45) is 0 Å². The molecule has 0 unspecified atom stereocenters. The molecule has 3 aromatic rings. The number of hydrogen-bond acceptors (Lipinski definition) is 5. The first-order valence-electron chi connectivity index (χ1n) is 10.4. The molecule has 1 fully saturated rings. The summed E-state index contributed by atoms with van der Waals surface area (Å²) < 4.78 is 5.65. The Morgan fingerprint density at radius 2 is 1.66 bits per heavy atom. The minimum atomic E-state index is -0.309. The minimum Gasteiger partial charge on any atom is -0.423 e. The van der Waals surface area contributed by atoms with Crippen LogP contribution in [0.5, 0.6) is 11.8 Å². The number of halogens is 1. The fourth-order valence-electron chi connectivity index (χ4n) is 3.60. The molecule has 1 saturated heterocycles. The normalized spacial score (nSPS) is 13.2. The van der Waals surface area contributed by atoms with E-state index in [0.29, 0.717) is 16.9 Å². The van der Waals surface area contributed by atoms with Crippen LogP contribution in [0.3, 0.4) is 0 Å². The topological polar surface area (TPSA) is 84.4 Å². The van der Waals surface area contributed by atoms with Gasteiger partial charge in [0.15, 0.2) is 0 Å². The van der Waals surface area contributed by atoms with Crippen LogP contribution in [-0.2, 0) is 0 Å². The average molecular weight is 451 g/mol. The second-order valence-corrected chi connectivity index (χ2v) is 8.13. The molecule has 1 N–H and O–H groups in total. The van der Waals surface area contributed by atoms with Gasteiger partial charge in [0, 0.05) is 36.7 Å². The van der Waals surface area contributed by atoms with Crippen LogP contribution >= 0.6 is 11.6 Å². The number of carbonyl (C=O) groups is 2. The minimum absolute atomic E-state index is 0.0357. The molecule has 7 nitrogen and oxygen atoms in total. The van der Waals surface area contributed by atoms with Gasteiger partial charge in [0.25, 0.3) is 11.8 Å². The zero-order valence-electron chi connectivity index (χ0n) is 17.9. The highest BCUT2D eigenvalue weighted by Gasteiger charge is 2.20. The Morgan fingerprint density at radius 3 is 2.28 bits per heavy atom. The van der Waals surface area contributed by atoms with Crippen molar-refractivity contribution in [2.75, 3.05) is 18.4 Å². The van der Waals surface area contributed by atoms with Crippen LogP contribution < -0.4 is 10.1 Å². The molecule has 1 aliphatic rings. The van der Waals surface area contributed by atoms with E-state index in [-0.39, 0.29) is 22.8 Å². The first kappa shape index (κ1) is 21.8. The lowest BCUT2D eigenvalue weighted by molar-refractivity contribution is 0.0792. The van der Waals surface area contributed by atoms with E-state index in [1.165, 1.54) is 12.4 Å². The molecule has 0 spiro atoms. The van der Waals surface area contributed by atoms with E-state index >= 15 is 0 Å². The smallest absolute Gasteiger partial charge is 0.321 e. The van der Waals surface area contributed by atoms with Gasteiger partial charge in [-0.15, -0.1) is 0 Å². The van der Waals surface area contributed by atoms with Gasteiger partial charge >= 0.3 is 6.01 Å². The molecule has 2 heterocycles. The summed E-state index contributed by atoms with van der Waals surface area (Å²) in [7, 11) is 0. The summed E-state index contributed by atoms with van der Waals surface area (Å²) in [6.45, 7) is 5.41. The van der Waals surface area contributed by atoms with Gasteiger partial charge in [-0.2, -0.15) is 0 Å². The van der Waals surface area contributed by atoms with Crippen LogP contribution in [0.1, 0.15) is 44.7 Å². The zero-order valence-corrected chi connectivity index (χ0v) is 18.6. The summed E-state index contributed by atoms with van der Waals surface area (Å²) in [5, 5.41) is 3.18. The molecule has 164 valence electrons. The summed E-state index contributed by atoms with van der Waals surface area (Å²) in [4.78, 5) is 35.1. The zero-order chi connectivity index (χ0) is 22.7. The highest BCUT2D eigenvalue weighted by molar-refractivity contribution is 6.32. The second-order valence-electron chi connectivity index (χ2n) is 7.72. The Bertz CT molecular complexity index is 1140. The van der Waals surface area contributed by atoms with Gasteiger partial charge in [-0.25, -0.2) is 9.97 Å². The third-order valence-electron chi connectivity index (χ3n) is 5.38. The van der Waals surface area contributed by atoms with Crippen LogP contribution in [0.4, 0.5) is 5.69 Å². The lowest BCUT2D eigenvalue weighted by Crippen LogP contribution is -2.27. The van der Waals surface area contributed by atoms with Crippen molar-refractivity contribution < 1.29 is 14.3 Å². The molecule has 2 amide bonds. The number of nitrogens with one attached hydrogen (secondary N) is 1. The number of amides is 2. The molecule has 1 aromatic heterocycles. The third kappa shape index (κ3) is 4.73. The highest BCUT2D eigenvalue weighted by Crippen LogP contribution is 2.29. The van der Waals surface area contributed by atoms with Crippen molar-refractivity contribution >= 4 is 29.1 Å². The maximum atomic E-state index is 12.6. The van der Waals surface area contributed by atoms with Gasteiger partial charge in [-0.3, -0.25) is 9.59 Å². The summed E-state index contributed by atoms with van der Waals surface area (Å²) in [6.07, 6.45) is 4.84. The van der Waals surface area contributed by atoms with Crippen molar-refractivity contribution in [3.8, 4) is 11.8 Å². The van der Waals surface area contributed by atoms with Crippen LogP contribution in [0, 0.1) is 13.8 Å². The maximum Gasteiger partial charge on any atom is 0.321 e. The summed E-state index contributed by atoms with van der Waals surface area (Å²) in [6, 6.07) is 10.7. The van der Waals surface area contributed by atoms with Gasteiger partial charge in [0.05, 0.1) is 10.6 Å². The number of anilines is 1. The Hall–Kier alpha value is -3.45. The molecular formula is C24H23ClN4O3. The van der Waals surface area contributed by atoms with Gasteiger partial charge in [0.2, 0.25) is 0 Å². The van der Waals surface area contributed by atoms with E-state index in [9.17, 15) is 9.59 Å². The number of hydrogen-bond donors (Lipinski definition) is 1. The molecule has 0 bridgehead atoms. The summed E-state index contributed by atoms with van der Waals surface area (Å²) in [5.74, 6) is -0.0133. The molecule has 0 radical (unpaired) electrons. The van der Waals surface area contributed by atoms with E-state index in [1.54, 1.807) is 18.2 Å². The monoisotopic (exact) mass is 450 g/mol. The standard InChI is InChI=1S/C24H23ClN4O3/c1-15-6-5-7-16(2)21(15)28-22(30)18-13-26-24(27-14-18)32-20-9-8-17(12-19(20)25)23(31)29-10-3-4-11-29/h5-9,12-14H,3-4,10-11H2,1-2H3,(H,28,30). The van der Waals surface area contributed by atoms with E-state index in [2.05, 4.69) is 15.3 Å². The molecule has 0 saturated carbocycles. The Balaban J connectivity index is 1.43. The van der Waals surface area contributed by atoms with Crippen LogP contribution in [-0.4, -0.2) is 39.8 Å². The predicted octanol–water partition coefficient (Wildman–Crippen LogP) is 5.03. The number of carbonyl (C=O) groups excluding carboxylic acids is 2. The molecular weight excluding hydrogens is 428 g/mol. The lowest BCUT2D eigenvalue weighted by atomic mass is 10.1. The average Bonchev–Trinajstić information content (AvgIpc) is 3.32. The van der Waals surface area contributed by atoms with Crippen molar-refractivity contribution in [1.29, 1.82) is 0 Å². The van der Waals surface area contributed by atoms with Gasteiger partial charge in [0.1, 0.15) is 5.75 Å².